The van der Waals surface area contributed by atoms with Crippen molar-refractivity contribution in [2.75, 3.05) is 19.7 Å². The molecule has 0 atom stereocenters. The van der Waals surface area contributed by atoms with Gasteiger partial charge >= 0.3 is 11.9 Å². The zero-order chi connectivity index (χ0) is 10.1. The van der Waals surface area contributed by atoms with E-state index < -0.39 is 17.5 Å². The maximum Gasteiger partial charge on any atom is 0.380 e. The molecule has 1 rings (SSSR count). The van der Waals surface area contributed by atoms with E-state index in [1.807, 2.05) is 0 Å². The van der Waals surface area contributed by atoms with Crippen molar-refractivity contribution in [3.63, 3.8) is 0 Å². The van der Waals surface area contributed by atoms with Crippen LogP contribution in [-0.4, -0.2) is 42.3 Å². The van der Waals surface area contributed by atoms with Crippen LogP contribution in [0, 0.1) is 0 Å². The fourth-order valence-electron chi connectivity index (χ4n) is 0.996. The zero-order valence-corrected chi connectivity index (χ0v) is 8.37. The first-order valence-corrected chi connectivity index (χ1v) is 3.92. The lowest BCUT2D eigenvalue weighted by Gasteiger charge is -2.41. The molecule has 2 N–H and O–H groups in total. The maximum atomic E-state index is 13.1. The Kier molecular flexibility index (Phi) is 4.23. The van der Waals surface area contributed by atoms with E-state index in [1.54, 1.807) is 0 Å². The van der Waals surface area contributed by atoms with Crippen molar-refractivity contribution >= 4 is 18.4 Å². The summed E-state index contributed by atoms with van der Waals surface area (Å²) in [6.45, 7) is 0.715. The van der Waals surface area contributed by atoms with Crippen LogP contribution in [0.25, 0.3) is 0 Å². The van der Waals surface area contributed by atoms with E-state index in [9.17, 15) is 18.7 Å². The molecular weight excluding hydrogens is 220 g/mol. The van der Waals surface area contributed by atoms with Gasteiger partial charge in [-0.05, 0) is 6.92 Å². The zero-order valence-electron chi connectivity index (χ0n) is 7.55. The number of esters is 1. The monoisotopic (exact) mass is 231 g/mol. The van der Waals surface area contributed by atoms with Crippen LogP contribution in [0.4, 0.5) is 8.78 Å². The minimum atomic E-state index is -3.83. The van der Waals surface area contributed by atoms with E-state index in [0.717, 1.165) is 0 Å². The number of β-amino-alcohol motifs (C(OH)–C–C–N with tert-alkyl or cyclic N) is 1. The van der Waals surface area contributed by atoms with E-state index in [4.69, 9.17) is 0 Å². The first-order valence-electron chi connectivity index (χ1n) is 3.92. The summed E-state index contributed by atoms with van der Waals surface area (Å²) in [6, 6.07) is 0. The Morgan fingerprint density at radius 1 is 1.64 bits per heavy atom. The predicted octanol–water partition coefficient (Wildman–Crippen LogP) is -0.0591. The second kappa shape index (κ2) is 4.37. The molecule has 0 aromatic carbocycles. The van der Waals surface area contributed by atoms with Gasteiger partial charge in [0.15, 0.2) is 5.60 Å². The van der Waals surface area contributed by atoms with E-state index in [0.29, 0.717) is 0 Å². The second-order valence-electron chi connectivity index (χ2n) is 2.93. The highest BCUT2D eigenvalue weighted by atomic mass is 35.5. The van der Waals surface area contributed by atoms with Crippen molar-refractivity contribution in [3.8, 4) is 0 Å². The molecule has 14 heavy (non-hydrogen) atoms. The van der Waals surface area contributed by atoms with Gasteiger partial charge in [0.25, 0.3) is 0 Å². The number of hydrogen-bond donors (Lipinski definition) is 2. The minimum absolute atomic E-state index is 0. The standard InChI is InChI=1S/C7H11F2NO3.ClH/c1-2-13-5(11)7(8,9)6(12)3-10-4-6;/h10,12H,2-4H2,1H3;1H. The Balaban J connectivity index is 0.00000169. The molecule has 0 radical (unpaired) electrons. The lowest BCUT2D eigenvalue weighted by atomic mass is 9.89. The van der Waals surface area contributed by atoms with Crippen molar-refractivity contribution < 1.29 is 23.4 Å². The number of halogens is 3. The van der Waals surface area contributed by atoms with Crippen LogP contribution in [0.3, 0.4) is 0 Å². The Hall–Kier alpha value is -0.460. The van der Waals surface area contributed by atoms with Gasteiger partial charge in [0.2, 0.25) is 0 Å². The first-order chi connectivity index (χ1) is 5.94. The van der Waals surface area contributed by atoms with E-state index in [2.05, 4.69) is 10.1 Å². The molecule has 7 heteroatoms. The highest BCUT2D eigenvalue weighted by molar-refractivity contribution is 5.85. The van der Waals surface area contributed by atoms with E-state index in [-0.39, 0.29) is 32.1 Å². The van der Waals surface area contributed by atoms with Crippen molar-refractivity contribution in [2.24, 2.45) is 0 Å². The lowest BCUT2D eigenvalue weighted by molar-refractivity contribution is -0.224. The van der Waals surface area contributed by atoms with Gasteiger partial charge in [-0.25, -0.2) is 4.79 Å². The Bertz CT molecular complexity index is 221. The summed E-state index contributed by atoms with van der Waals surface area (Å²) in [5.41, 5.74) is -2.28. The van der Waals surface area contributed by atoms with Crippen LogP contribution >= 0.6 is 12.4 Å². The number of alkyl halides is 2. The Morgan fingerprint density at radius 2 is 2.14 bits per heavy atom. The molecule has 0 saturated carbocycles. The van der Waals surface area contributed by atoms with Crippen molar-refractivity contribution in [1.82, 2.24) is 5.32 Å². The number of nitrogens with one attached hydrogen (secondary N) is 1. The van der Waals surface area contributed by atoms with Crippen LogP contribution in [0.2, 0.25) is 0 Å². The van der Waals surface area contributed by atoms with Crippen LogP contribution < -0.4 is 5.32 Å². The summed E-state index contributed by atoms with van der Waals surface area (Å²) < 4.78 is 30.3. The van der Waals surface area contributed by atoms with E-state index in [1.165, 1.54) is 6.92 Å². The molecule has 1 fully saturated rings. The first kappa shape index (κ1) is 13.5. The second-order valence-corrected chi connectivity index (χ2v) is 2.93. The summed E-state index contributed by atoms with van der Waals surface area (Å²) >= 11 is 0. The van der Waals surface area contributed by atoms with Gasteiger partial charge in [0.1, 0.15) is 0 Å². The highest BCUT2D eigenvalue weighted by Crippen LogP contribution is 2.33. The summed E-state index contributed by atoms with van der Waals surface area (Å²) in [4.78, 5) is 10.7. The summed E-state index contributed by atoms with van der Waals surface area (Å²) in [6.07, 6.45) is 0. The fraction of sp³-hybridized carbons (Fsp3) is 0.857. The van der Waals surface area contributed by atoms with Gasteiger partial charge in [0.05, 0.1) is 6.61 Å². The Morgan fingerprint density at radius 3 is 2.43 bits per heavy atom. The molecule has 4 nitrogen and oxygen atoms in total. The molecule has 0 bridgehead atoms. The van der Waals surface area contributed by atoms with Crippen LogP contribution in [-0.2, 0) is 9.53 Å². The maximum absolute atomic E-state index is 13.1. The molecular formula is C7H12ClF2NO3. The van der Waals surface area contributed by atoms with Gasteiger partial charge < -0.3 is 15.2 Å². The topological polar surface area (TPSA) is 58.6 Å². The number of hydrogen-bond acceptors (Lipinski definition) is 4. The average molecular weight is 232 g/mol. The fourth-order valence-corrected chi connectivity index (χ4v) is 0.996. The highest BCUT2D eigenvalue weighted by Gasteiger charge is 2.62. The number of aliphatic hydroxyl groups is 1. The third-order valence-electron chi connectivity index (χ3n) is 1.95. The van der Waals surface area contributed by atoms with Crippen molar-refractivity contribution in [2.45, 2.75) is 18.4 Å². The molecule has 1 aliphatic rings. The quantitative estimate of drug-likeness (QED) is 0.669. The Labute approximate surface area is 86.0 Å². The summed E-state index contributed by atoms with van der Waals surface area (Å²) in [5.74, 6) is -5.49. The van der Waals surface area contributed by atoms with Crippen LogP contribution in [0.15, 0.2) is 0 Å². The molecule has 0 aromatic rings. The van der Waals surface area contributed by atoms with Gasteiger partial charge in [-0.3, -0.25) is 0 Å². The van der Waals surface area contributed by atoms with Gasteiger partial charge in [-0.15, -0.1) is 12.4 Å². The smallest absolute Gasteiger partial charge is 0.380 e. The number of carbonyl (C=O) groups is 1. The molecule has 0 unspecified atom stereocenters. The lowest BCUT2D eigenvalue weighted by Crippen LogP contribution is -2.71. The molecule has 0 amide bonds. The normalized spacial score (nSPS) is 19.1. The van der Waals surface area contributed by atoms with Crippen LogP contribution in [0.1, 0.15) is 6.92 Å². The van der Waals surface area contributed by atoms with Gasteiger partial charge in [-0.2, -0.15) is 8.78 Å². The number of carbonyl (C=O) groups excluding carboxylic acids is 1. The van der Waals surface area contributed by atoms with Crippen molar-refractivity contribution in [1.29, 1.82) is 0 Å². The summed E-state index contributed by atoms with van der Waals surface area (Å²) in [7, 11) is 0. The van der Waals surface area contributed by atoms with Gasteiger partial charge in [0, 0.05) is 13.1 Å². The third kappa shape index (κ3) is 1.97. The molecule has 84 valence electrons. The van der Waals surface area contributed by atoms with Crippen molar-refractivity contribution in [3.05, 3.63) is 0 Å². The SMILES string of the molecule is CCOC(=O)C(F)(F)C1(O)CNC1.Cl. The van der Waals surface area contributed by atoms with Gasteiger partial charge in [-0.1, -0.05) is 0 Å². The largest absolute Gasteiger partial charge is 0.461 e. The molecule has 0 aliphatic carbocycles. The minimum Gasteiger partial charge on any atom is -0.461 e. The van der Waals surface area contributed by atoms with E-state index >= 15 is 0 Å². The number of ether oxygens (including phenoxy) is 1. The average Bonchev–Trinajstić information content (AvgIpc) is 2.00. The molecule has 1 saturated heterocycles. The molecule has 0 aromatic heterocycles. The molecule has 1 heterocycles. The number of rotatable bonds is 3. The van der Waals surface area contributed by atoms with Crippen LogP contribution in [0.5, 0.6) is 0 Å². The molecule has 0 spiro atoms. The molecule has 1 aliphatic heterocycles. The third-order valence-corrected chi connectivity index (χ3v) is 1.95. The summed E-state index contributed by atoms with van der Waals surface area (Å²) in [5, 5.41) is 11.7. The predicted molar refractivity (Wildman–Crippen MR) is 46.6 cm³/mol.